The second-order valence-electron chi connectivity index (χ2n) is 5.20. The standard InChI is InChI=1S/C17H14Cl2N4O/c1-10-20-16(23-22-10)15(11-6-3-2-4-7-11)21-17(24)12-8-5-9-13(18)14(12)19/h2-9,15H,1H3,(H,21,24)(H,20,22,23). The van der Waals surface area contributed by atoms with Crippen LogP contribution >= 0.6 is 23.2 Å². The fourth-order valence-electron chi connectivity index (χ4n) is 2.32. The minimum atomic E-state index is -0.501. The van der Waals surface area contributed by atoms with Crippen molar-refractivity contribution < 1.29 is 4.79 Å². The van der Waals surface area contributed by atoms with Crippen LogP contribution in [-0.4, -0.2) is 21.1 Å². The molecule has 3 rings (SSSR count). The summed E-state index contributed by atoms with van der Waals surface area (Å²) in [6, 6.07) is 13.9. The first-order valence-electron chi connectivity index (χ1n) is 7.25. The largest absolute Gasteiger partial charge is 0.338 e. The van der Waals surface area contributed by atoms with Gasteiger partial charge in [0, 0.05) is 0 Å². The number of amides is 1. The van der Waals surface area contributed by atoms with Gasteiger partial charge in [-0.15, -0.1) is 0 Å². The van der Waals surface area contributed by atoms with Crippen molar-refractivity contribution in [2.24, 2.45) is 0 Å². The minimum absolute atomic E-state index is 0.217. The average Bonchev–Trinajstić information content (AvgIpc) is 3.02. The number of H-pyrrole nitrogens is 1. The Morgan fingerprint density at radius 1 is 1.12 bits per heavy atom. The molecular weight excluding hydrogens is 347 g/mol. The van der Waals surface area contributed by atoms with Gasteiger partial charge in [-0.2, -0.15) is 5.10 Å². The van der Waals surface area contributed by atoms with Crippen LogP contribution in [0.4, 0.5) is 0 Å². The molecule has 7 heteroatoms. The zero-order chi connectivity index (χ0) is 17.1. The van der Waals surface area contributed by atoms with Gasteiger partial charge in [-0.25, -0.2) is 4.98 Å². The van der Waals surface area contributed by atoms with Crippen molar-refractivity contribution in [1.82, 2.24) is 20.5 Å². The molecule has 0 fully saturated rings. The maximum absolute atomic E-state index is 12.7. The third-order valence-corrected chi connectivity index (χ3v) is 4.30. The monoisotopic (exact) mass is 360 g/mol. The van der Waals surface area contributed by atoms with Crippen LogP contribution < -0.4 is 5.32 Å². The van der Waals surface area contributed by atoms with Crippen molar-refractivity contribution in [3.8, 4) is 0 Å². The van der Waals surface area contributed by atoms with E-state index in [1.54, 1.807) is 25.1 Å². The second kappa shape index (κ2) is 7.03. The SMILES string of the molecule is Cc1nc(C(NC(=O)c2cccc(Cl)c2Cl)c2ccccc2)n[nH]1. The molecule has 0 spiro atoms. The van der Waals surface area contributed by atoms with Gasteiger partial charge in [0.1, 0.15) is 11.9 Å². The number of nitrogens with zero attached hydrogens (tertiary/aromatic N) is 2. The van der Waals surface area contributed by atoms with Gasteiger partial charge in [0.05, 0.1) is 15.6 Å². The Morgan fingerprint density at radius 2 is 1.88 bits per heavy atom. The highest BCUT2D eigenvalue weighted by Crippen LogP contribution is 2.27. The van der Waals surface area contributed by atoms with Crippen LogP contribution in [0.1, 0.15) is 33.6 Å². The van der Waals surface area contributed by atoms with Gasteiger partial charge in [0.15, 0.2) is 5.82 Å². The Bertz CT molecular complexity index is 864. The minimum Gasteiger partial charge on any atom is -0.338 e. The number of rotatable bonds is 4. The Balaban J connectivity index is 1.95. The van der Waals surface area contributed by atoms with E-state index in [4.69, 9.17) is 23.2 Å². The predicted octanol–water partition coefficient (Wildman–Crippen LogP) is 3.94. The van der Waals surface area contributed by atoms with Gasteiger partial charge in [0.2, 0.25) is 0 Å². The van der Waals surface area contributed by atoms with Gasteiger partial charge in [-0.3, -0.25) is 9.89 Å². The Hall–Kier alpha value is -2.37. The van der Waals surface area contributed by atoms with E-state index in [2.05, 4.69) is 20.5 Å². The second-order valence-corrected chi connectivity index (χ2v) is 5.98. The van der Waals surface area contributed by atoms with Crippen LogP contribution in [0.5, 0.6) is 0 Å². The fourth-order valence-corrected chi connectivity index (χ4v) is 2.71. The van der Waals surface area contributed by atoms with Crippen LogP contribution in [0.15, 0.2) is 48.5 Å². The van der Waals surface area contributed by atoms with Crippen LogP contribution in [0.25, 0.3) is 0 Å². The van der Waals surface area contributed by atoms with Crippen molar-refractivity contribution in [2.75, 3.05) is 0 Å². The lowest BCUT2D eigenvalue weighted by Crippen LogP contribution is -2.30. The number of nitrogens with one attached hydrogen (secondary N) is 2. The summed E-state index contributed by atoms with van der Waals surface area (Å²) in [4.78, 5) is 17.0. The van der Waals surface area contributed by atoms with Crippen LogP contribution in [0, 0.1) is 6.92 Å². The van der Waals surface area contributed by atoms with E-state index in [0.29, 0.717) is 22.2 Å². The summed E-state index contributed by atoms with van der Waals surface area (Å²) >= 11 is 12.1. The van der Waals surface area contributed by atoms with Crippen LogP contribution in [-0.2, 0) is 0 Å². The highest BCUT2D eigenvalue weighted by Gasteiger charge is 2.23. The molecule has 0 saturated carbocycles. The summed E-state index contributed by atoms with van der Waals surface area (Å²) < 4.78 is 0. The first kappa shape index (κ1) is 16.5. The number of aromatic amines is 1. The average molecular weight is 361 g/mol. The highest BCUT2D eigenvalue weighted by atomic mass is 35.5. The third kappa shape index (κ3) is 3.42. The molecule has 1 heterocycles. The molecule has 1 unspecified atom stereocenters. The van der Waals surface area contributed by atoms with E-state index in [-0.39, 0.29) is 10.9 Å². The quantitative estimate of drug-likeness (QED) is 0.740. The number of carbonyl (C=O) groups excluding carboxylic acids is 1. The molecule has 3 aromatic rings. The van der Waals surface area contributed by atoms with E-state index < -0.39 is 6.04 Å². The Kier molecular flexibility index (Phi) is 4.83. The number of carbonyl (C=O) groups is 1. The van der Waals surface area contributed by atoms with Gasteiger partial charge in [0.25, 0.3) is 5.91 Å². The molecule has 1 amide bonds. The van der Waals surface area contributed by atoms with Gasteiger partial charge >= 0.3 is 0 Å². The third-order valence-electron chi connectivity index (χ3n) is 3.48. The molecule has 122 valence electrons. The zero-order valence-corrected chi connectivity index (χ0v) is 14.3. The highest BCUT2D eigenvalue weighted by molar-refractivity contribution is 6.43. The molecule has 1 aromatic heterocycles. The Labute approximate surface area is 149 Å². The van der Waals surface area contributed by atoms with Crippen molar-refractivity contribution in [1.29, 1.82) is 0 Å². The summed E-state index contributed by atoms with van der Waals surface area (Å²) in [5, 5.41) is 10.4. The summed E-state index contributed by atoms with van der Waals surface area (Å²) in [5.74, 6) is 0.796. The molecule has 0 aliphatic rings. The molecule has 0 saturated heterocycles. The molecular formula is C17H14Cl2N4O. The number of aromatic nitrogens is 3. The van der Waals surface area contributed by atoms with Gasteiger partial charge in [-0.05, 0) is 24.6 Å². The number of hydrogen-bond acceptors (Lipinski definition) is 3. The number of aryl methyl sites for hydroxylation is 1. The lowest BCUT2D eigenvalue weighted by Gasteiger charge is -2.17. The van der Waals surface area contributed by atoms with E-state index in [0.717, 1.165) is 5.56 Å². The molecule has 1 atom stereocenters. The van der Waals surface area contributed by atoms with E-state index in [9.17, 15) is 4.79 Å². The van der Waals surface area contributed by atoms with Crippen molar-refractivity contribution in [3.05, 3.63) is 81.4 Å². The summed E-state index contributed by atoms with van der Waals surface area (Å²) in [6.45, 7) is 1.80. The van der Waals surface area contributed by atoms with Crippen molar-refractivity contribution >= 4 is 29.1 Å². The van der Waals surface area contributed by atoms with Crippen LogP contribution in [0.2, 0.25) is 10.0 Å². The topological polar surface area (TPSA) is 70.7 Å². The molecule has 0 bridgehead atoms. The summed E-state index contributed by atoms with van der Waals surface area (Å²) in [5.41, 5.74) is 1.17. The maximum atomic E-state index is 12.7. The molecule has 2 aromatic carbocycles. The van der Waals surface area contributed by atoms with Gasteiger partial charge < -0.3 is 5.32 Å². The number of halogens is 2. The van der Waals surface area contributed by atoms with E-state index >= 15 is 0 Å². The van der Waals surface area contributed by atoms with E-state index in [1.807, 2.05) is 30.3 Å². The molecule has 5 nitrogen and oxygen atoms in total. The van der Waals surface area contributed by atoms with Gasteiger partial charge in [-0.1, -0.05) is 59.6 Å². The zero-order valence-electron chi connectivity index (χ0n) is 12.8. The first-order valence-corrected chi connectivity index (χ1v) is 8.00. The summed E-state index contributed by atoms with van der Waals surface area (Å²) in [6.07, 6.45) is 0. The predicted molar refractivity (Wildman–Crippen MR) is 93.3 cm³/mol. The number of hydrogen-bond donors (Lipinski definition) is 2. The first-order chi connectivity index (χ1) is 11.6. The lowest BCUT2D eigenvalue weighted by molar-refractivity contribution is 0.0941. The van der Waals surface area contributed by atoms with Crippen molar-refractivity contribution in [2.45, 2.75) is 13.0 Å². The molecule has 2 N–H and O–H groups in total. The lowest BCUT2D eigenvalue weighted by atomic mass is 10.1. The summed E-state index contributed by atoms with van der Waals surface area (Å²) in [7, 11) is 0. The van der Waals surface area contributed by atoms with E-state index in [1.165, 1.54) is 0 Å². The normalized spacial score (nSPS) is 12.0. The Morgan fingerprint density at radius 3 is 2.54 bits per heavy atom. The number of benzene rings is 2. The van der Waals surface area contributed by atoms with Crippen molar-refractivity contribution in [3.63, 3.8) is 0 Å². The smallest absolute Gasteiger partial charge is 0.253 e. The fraction of sp³-hybridized carbons (Fsp3) is 0.118. The molecule has 0 aliphatic carbocycles. The van der Waals surface area contributed by atoms with Crippen LogP contribution in [0.3, 0.4) is 0 Å². The maximum Gasteiger partial charge on any atom is 0.253 e. The molecule has 0 radical (unpaired) electrons. The molecule has 24 heavy (non-hydrogen) atoms. The molecule has 0 aliphatic heterocycles.